The molecule has 1 aliphatic heterocycles. The smallest absolute Gasteiger partial charge is 0.323 e. The van der Waals surface area contributed by atoms with Crippen molar-refractivity contribution in [3.05, 3.63) is 64.7 Å². The summed E-state index contributed by atoms with van der Waals surface area (Å²) < 4.78 is 39.8. The Morgan fingerprint density at radius 3 is 2.44 bits per heavy atom. The van der Waals surface area contributed by atoms with Crippen LogP contribution in [0.25, 0.3) is 0 Å². The van der Waals surface area contributed by atoms with Gasteiger partial charge in [0, 0.05) is 0 Å². The topological polar surface area (TPSA) is 78.5 Å². The van der Waals surface area contributed by atoms with Gasteiger partial charge in [-0.3, -0.25) is 14.5 Å². The molecule has 6 nitrogen and oxygen atoms in total. The summed E-state index contributed by atoms with van der Waals surface area (Å²) in [4.78, 5) is 39.2. The Morgan fingerprint density at radius 2 is 1.81 bits per heavy atom. The molecule has 1 unspecified atom stereocenters. The van der Waals surface area contributed by atoms with Crippen molar-refractivity contribution in [2.75, 3.05) is 11.9 Å². The Bertz CT molecular complexity index is 1030. The van der Waals surface area contributed by atoms with Gasteiger partial charge in [-0.05, 0) is 24.1 Å². The molecule has 0 spiro atoms. The number of hydrogen-bond donors (Lipinski definition) is 2. The van der Waals surface area contributed by atoms with Gasteiger partial charge in [-0.1, -0.05) is 67.8 Å². The molecular formula is C22H21ClF3N3O3. The number of urea groups is 1. The van der Waals surface area contributed by atoms with Gasteiger partial charge >= 0.3 is 12.2 Å². The first-order valence-electron chi connectivity index (χ1n) is 9.95. The number of amides is 4. The van der Waals surface area contributed by atoms with E-state index in [1.54, 1.807) is 30.3 Å². The summed E-state index contributed by atoms with van der Waals surface area (Å²) in [5.74, 6) is -1.61. The fourth-order valence-electron chi connectivity index (χ4n) is 3.65. The highest BCUT2D eigenvalue weighted by molar-refractivity contribution is 6.34. The lowest BCUT2D eigenvalue weighted by molar-refractivity contribution is -0.137. The van der Waals surface area contributed by atoms with Gasteiger partial charge in [-0.2, -0.15) is 13.2 Å². The second-order valence-electron chi connectivity index (χ2n) is 7.40. The molecule has 1 saturated heterocycles. The molecule has 2 aromatic rings. The van der Waals surface area contributed by atoms with Crippen molar-refractivity contribution >= 4 is 35.1 Å². The molecule has 2 aromatic carbocycles. The first-order valence-corrected chi connectivity index (χ1v) is 10.3. The maximum absolute atomic E-state index is 13.3. The van der Waals surface area contributed by atoms with E-state index in [-0.39, 0.29) is 5.02 Å². The molecule has 1 aliphatic rings. The minimum atomic E-state index is -4.75. The number of hydrogen-bond acceptors (Lipinski definition) is 3. The zero-order valence-corrected chi connectivity index (χ0v) is 17.9. The number of carbonyl (C=O) groups excluding carboxylic acids is 3. The number of nitrogens with one attached hydrogen (secondary N) is 2. The van der Waals surface area contributed by atoms with E-state index in [1.807, 2.05) is 6.92 Å². The first kappa shape index (κ1) is 23.6. The molecule has 3 rings (SSSR count). The van der Waals surface area contributed by atoms with Gasteiger partial charge in [0.1, 0.15) is 12.1 Å². The average Bonchev–Trinajstić information content (AvgIpc) is 2.98. The summed E-state index contributed by atoms with van der Waals surface area (Å²) in [6, 6.07) is 10.9. The third-order valence-electron chi connectivity index (χ3n) is 5.23. The van der Waals surface area contributed by atoms with Crippen molar-refractivity contribution in [1.82, 2.24) is 10.2 Å². The quantitative estimate of drug-likeness (QED) is 0.566. The van der Waals surface area contributed by atoms with Crippen LogP contribution in [0.15, 0.2) is 48.5 Å². The van der Waals surface area contributed by atoms with Crippen LogP contribution in [0, 0.1) is 0 Å². The lowest BCUT2D eigenvalue weighted by Crippen LogP contribution is -2.44. The van der Waals surface area contributed by atoms with Crippen LogP contribution in [0.1, 0.15) is 37.3 Å². The van der Waals surface area contributed by atoms with E-state index in [2.05, 4.69) is 10.6 Å². The zero-order chi connectivity index (χ0) is 23.5. The van der Waals surface area contributed by atoms with Gasteiger partial charge in [-0.25, -0.2) is 4.79 Å². The standard InChI is InChI=1S/C22H21ClF3N3O3/c1-2-3-12-21(14-8-5-4-6-9-14)19(31)29(20(32)28-21)13-17(30)27-18-15(22(24,25)26)10-7-11-16(18)23/h4-11H,2-3,12-13H2,1H3,(H,27,30)(H,28,32). The number of imide groups is 1. The van der Waals surface area contributed by atoms with E-state index in [9.17, 15) is 27.6 Å². The number of para-hydroxylation sites is 1. The van der Waals surface area contributed by atoms with Gasteiger partial charge < -0.3 is 10.6 Å². The number of unbranched alkanes of at least 4 members (excludes halogenated alkanes) is 1. The van der Waals surface area contributed by atoms with Gasteiger partial charge in [0.15, 0.2) is 0 Å². The zero-order valence-electron chi connectivity index (χ0n) is 17.1. The van der Waals surface area contributed by atoms with Crippen LogP contribution in [0.2, 0.25) is 5.02 Å². The van der Waals surface area contributed by atoms with E-state index in [0.717, 1.165) is 18.6 Å². The molecule has 2 N–H and O–H groups in total. The predicted octanol–water partition coefficient (Wildman–Crippen LogP) is 4.93. The molecule has 1 heterocycles. The molecule has 0 aliphatic carbocycles. The molecule has 1 fully saturated rings. The van der Waals surface area contributed by atoms with Crippen molar-refractivity contribution in [2.24, 2.45) is 0 Å². The van der Waals surface area contributed by atoms with Crippen LogP contribution in [0.5, 0.6) is 0 Å². The van der Waals surface area contributed by atoms with E-state index >= 15 is 0 Å². The third-order valence-corrected chi connectivity index (χ3v) is 5.55. The third kappa shape index (κ3) is 4.57. The molecule has 4 amide bonds. The van der Waals surface area contributed by atoms with Gasteiger partial charge in [-0.15, -0.1) is 0 Å². The van der Waals surface area contributed by atoms with Crippen molar-refractivity contribution in [1.29, 1.82) is 0 Å². The van der Waals surface area contributed by atoms with Crippen LogP contribution >= 0.6 is 11.6 Å². The number of anilines is 1. The minimum absolute atomic E-state index is 0.313. The molecule has 0 bridgehead atoms. The van der Waals surface area contributed by atoms with Gasteiger partial charge in [0.2, 0.25) is 5.91 Å². The number of alkyl halides is 3. The molecular weight excluding hydrogens is 447 g/mol. The number of benzene rings is 2. The number of rotatable bonds is 7. The summed E-state index contributed by atoms with van der Waals surface area (Å²) in [7, 11) is 0. The highest BCUT2D eigenvalue weighted by atomic mass is 35.5. The fraction of sp³-hybridized carbons (Fsp3) is 0.318. The Hall–Kier alpha value is -3.07. The highest BCUT2D eigenvalue weighted by Crippen LogP contribution is 2.39. The summed E-state index contributed by atoms with van der Waals surface area (Å²) in [6.07, 6.45) is -3.03. The molecule has 170 valence electrons. The Kier molecular flexibility index (Phi) is 6.78. The molecule has 0 saturated carbocycles. The first-order chi connectivity index (χ1) is 15.1. The summed E-state index contributed by atoms with van der Waals surface area (Å²) >= 11 is 5.86. The van der Waals surface area contributed by atoms with Crippen LogP contribution in [-0.2, 0) is 21.3 Å². The molecule has 0 radical (unpaired) electrons. The van der Waals surface area contributed by atoms with Crippen molar-refractivity contribution in [3.63, 3.8) is 0 Å². The molecule has 32 heavy (non-hydrogen) atoms. The van der Waals surface area contributed by atoms with Crippen molar-refractivity contribution < 1.29 is 27.6 Å². The van der Waals surface area contributed by atoms with E-state index in [1.165, 1.54) is 6.07 Å². The maximum atomic E-state index is 13.3. The molecule has 1 atom stereocenters. The van der Waals surface area contributed by atoms with Crippen LogP contribution < -0.4 is 10.6 Å². The van der Waals surface area contributed by atoms with Gasteiger partial charge in [0.05, 0.1) is 16.3 Å². The normalized spacial score (nSPS) is 18.6. The van der Waals surface area contributed by atoms with Crippen molar-refractivity contribution in [2.45, 2.75) is 37.9 Å². The summed E-state index contributed by atoms with van der Waals surface area (Å²) in [5, 5.41) is 4.47. The average molecular weight is 468 g/mol. The van der Waals surface area contributed by atoms with Gasteiger partial charge in [0.25, 0.3) is 5.91 Å². The van der Waals surface area contributed by atoms with Crippen molar-refractivity contribution in [3.8, 4) is 0 Å². The Balaban J connectivity index is 1.85. The predicted molar refractivity (Wildman–Crippen MR) is 113 cm³/mol. The van der Waals surface area contributed by atoms with E-state index < -0.39 is 47.4 Å². The van der Waals surface area contributed by atoms with E-state index in [4.69, 9.17) is 11.6 Å². The van der Waals surface area contributed by atoms with Crippen LogP contribution in [-0.4, -0.2) is 29.3 Å². The van der Waals surface area contributed by atoms with Crippen LogP contribution in [0.3, 0.4) is 0 Å². The minimum Gasteiger partial charge on any atom is -0.323 e. The largest absolute Gasteiger partial charge is 0.418 e. The lowest BCUT2D eigenvalue weighted by Gasteiger charge is -2.27. The highest BCUT2D eigenvalue weighted by Gasteiger charge is 2.52. The number of halogens is 4. The Morgan fingerprint density at radius 1 is 1.12 bits per heavy atom. The number of nitrogens with zero attached hydrogens (tertiary/aromatic N) is 1. The summed E-state index contributed by atoms with van der Waals surface area (Å²) in [6.45, 7) is 1.18. The second-order valence-corrected chi connectivity index (χ2v) is 7.81. The SMILES string of the molecule is CCCCC1(c2ccccc2)NC(=O)N(CC(=O)Nc2c(Cl)cccc2C(F)(F)F)C1=O. The Labute approximate surface area is 187 Å². The molecule has 0 aromatic heterocycles. The lowest BCUT2D eigenvalue weighted by atomic mass is 9.85. The fourth-order valence-corrected chi connectivity index (χ4v) is 3.88. The molecule has 10 heteroatoms. The maximum Gasteiger partial charge on any atom is 0.418 e. The van der Waals surface area contributed by atoms with Crippen LogP contribution in [0.4, 0.5) is 23.7 Å². The number of carbonyl (C=O) groups is 3. The van der Waals surface area contributed by atoms with E-state index in [0.29, 0.717) is 23.3 Å². The summed E-state index contributed by atoms with van der Waals surface area (Å²) in [5.41, 5.74) is -2.52. The monoisotopic (exact) mass is 467 g/mol. The second kappa shape index (κ2) is 9.20.